The Morgan fingerprint density at radius 3 is 2.43 bits per heavy atom. The van der Waals surface area contributed by atoms with E-state index in [-0.39, 0.29) is 11.3 Å². The molecule has 2 aromatic carbocycles. The molecular weight excluding hydrogens is 284 g/mol. The van der Waals surface area contributed by atoms with Crippen molar-refractivity contribution >= 4 is 0 Å². The first-order valence-corrected chi connectivity index (χ1v) is 7.93. The van der Waals surface area contributed by atoms with Gasteiger partial charge in [0.2, 0.25) is 5.43 Å². The third kappa shape index (κ3) is 3.09. The SMILES string of the molecule is CCc1ccccc1C(C)c1nn(-c2ccccc2)ccc1=O. The lowest BCUT2D eigenvalue weighted by Gasteiger charge is -2.16. The van der Waals surface area contributed by atoms with E-state index >= 15 is 0 Å². The number of aromatic nitrogens is 2. The van der Waals surface area contributed by atoms with Crippen LogP contribution in [0.1, 0.15) is 36.6 Å². The molecule has 0 aliphatic rings. The average Bonchev–Trinajstić information content (AvgIpc) is 2.62. The van der Waals surface area contributed by atoms with Gasteiger partial charge in [0, 0.05) is 18.2 Å². The summed E-state index contributed by atoms with van der Waals surface area (Å²) in [5, 5.41) is 4.60. The molecule has 0 saturated carbocycles. The standard InChI is InChI=1S/C20H20N2O/c1-3-16-9-7-8-12-18(16)15(2)20-19(23)13-14-22(21-20)17-10-5-4-6-11-17/h4-15H,3H2,1-2H3. The van der Waals surface area contributed by atoms with Crippen LogP contribution in [0.4, 0.5) is 0 Å². The molecular formula is C20H20N2O. The van der Waals surface area contributed by atoms with Gasteiger partial charge in [-0.25, -0.2) is 4.68 Å². The van der Waals surface area contributed by atoms with Gasteiger partial charge in [-0.2, -0.15) is 5.10 Å². The van der Waals surface area contributed by atoms with Crippen LogP contribution in [-0.4, -0.2) is 9.78 Å². The normalized spacial score (nSPS) is 12.1. The lowest BCUT2D eigenvalue weighted by molar-refractivity contribution is 0.737. The van der Waals surface area contributed by atoms with Crippen molar-refractivity contribution in [2.75, 3.05) is 0 Å². The number of benzene rings is 2. The van der Waals surface area contributed by atoms with Crippen LogP contribution in [0.3, 0.4) is 0 Å². The van der Waals surface area contributed by atoms with Gasteiger partial charge in [-0.05, 0) is 29.7 Å². The highest BCUT2D eigenvalue weighted by Gasteiger charge is 2.17. The van der Waals surface area contributed by atoms with Gasteiger partial charge in [-0.1, -0.05) is 56.3 Å². The maximum Gasteiger partial charge on any atom is 0.203 e. The van der Waals surface area contributed by atoms with Crippen molar-refractivity contribution in [2.45, 2.75) is 26.2 Å². The molecule has 1 atom stereocenters. The quantitative estimate of drug-likeness (QED) is 0.731. The van der Waals surface area contributed by atoms with Crippen molar-refractivity contribution < 1.29 is 0 Å². The Morgan fingerprint density at radius 1 is 1.00 bits per heavy atom. The number of para-hydroxylation sites is 1. The molecule has 3 rings (SSSR count). The molecule has 0 aliphatic heterocycles. The number of hydrogen-bond acceptors (Lipinski definition) is 2. The van der Waals surface area contributed by atoms with Crippen LogP contribution in [0.15, 0.2) is 71.7 Å². The van der Waals surface area contributed by atoms with Crippen LogP contribution in [0.25, 0.3) is 5.69 Å². The number of nitrogens with zero attached hydrogens (tertiary/aromatic N) is 2. The highest BCUT2D eigenvalue weighted by molar-refractivity contribution is 5.36. The lowest BCUT2D eigenvalue weighted by Crippen LogP contribution is -2.19. The third-order valence-corrected chi connectivity index (χ3v) is 4.17. The first-order valence-electron chi connectivity index (χ1n) is 7.93. The maximum atomic E-state index is 12.3. The molecule has 3 heteroatoms. The zero-order valence-corrected chi connectivity index (χ0v) is 13.4. The molecule has 1 aromatic heterocycles. The van der Waals surface area contributed by atoms with E-state index in [0.29, 0.717) is 5.69 Å². The largest absolute Gasteiger partial charge is 0.288 e. The smallest absolute Gasteiger partial charge is 0.203 e. The Kier molecular flexibility index (Phi) is 4.38. The lowest BCUT2D eigenvalue weighted by atomic mass is 9.92. The fourth-order valence-corrected chi connectivity index (χ4v) is 2.87. The van der Waals surface area contributed by atoms with Crippen LogP contribution < -0.4 is 5.43 Å². The highest BCUT2D eigenvalue weighted by Crippen LogP contribution is 2.24. The summed E-state index contributed by atoms with van der Waals surface area (Å²) < 4.78 is 1.77. The first kappa shape index (κ1) is 15.2. The summed E-state index contributed by atoms with van der Waals surface area (Å²) in [6.07, 6.45) is 2.67. The summed E-state index contributed by atoms with van der Waals surface area (Å²) >= 11 is 0. The molecule has 1 unspecified atom stereocenters. The van der Waals surface area contributed by atoms with Gasteiger partial charge in [0.25, 0.3) is 0 Å². The second-order valence-electron chi connectivity index (χ2n) is 5.62. The predicted octanol–water partition coefficient (Wildman–Crippen LogP) is 3.95. The van der Waals surface area contributed by atoms with Crippen molar-refractivity contribution in [1.82, 2.24) is 9.78 Å². The number of rotatable bonds is 4. The molecule has 0 spiro atoms. The molecule has 0 radical (unpaired) electrons. The fraction of sp³-hybridized carbons (Fsp3) is 0.200. The van der Waals surface area contributed by atoms with Crippen LogP contribution >= 0.6 is 0 Å². The zero-order chi connectivity index (χ0) is 16.2. The van der Waals surface area contributed by atoms with E-state index in [1.165, 1.54) is 11.1 Å². The Morgan fingerprint density at radius 2 is 1.70 bits per heavy atom. The van der Waals surface area contributed by atoms with Crippen molar-refractivity contribution in [3.05, 3.63) is 93.9 Å². The van der Waals surface area contributed by atoms with Gasteiger partial charge in [-0.15, -0.1) is 0 Å². The summed E-state index contributed by atoms with van der Waals surface area (Å²) in [4.78, 5) is 12.3. The molecule has 116 valence electrons. The van der Waals surface area contributed by atoms with Crippen molar-refractivity contribution in [2.24, 2.45) is 0 Å². The molecule has 1 heterocycles. The molecule has 0 saturated heterocycles. The minimum absolute atomic E-state index is 0.0180. The van der Waals surface area contributed by atoms with E-state index in [2.05, 4.69) is 24.2 Å². The minimum atomic E-state index is -0.0326. The average molecular weight is 304 g/mol. The van der Waals surface area contributed by atoms with Crippen molar-refractivity contribution in [3.8, 4) is 5.69 Å². The molecule has 0 amide bonds. The predicted molar refractivity (Wildman–Crippen MR) is 93.2 cm³/mol. The van der Waals surface area contributed by atoms with E-state index in [1.54, 1.807) is 16.9 Å². The first-order chi connectivity index (χ1) is 11.2. The van der Waals surface area contributed by atoms with Crippen LogP contribution in [-0.2, 0) is 6.42 Å². The van der Waals surface area contributed by atoms with E-state index in [0.717, 1.165) is 12.1 Å². The summed E-state index contributed by atoms with van der Waals surface area (Å²) in [6.45, 7) is 4.18. The fourth-order valence-electron chi connectivity index (χ4n) is 2.87. The zero-order valence-electron chi connectivity index (χ0n) is 13.4. The Labute approximate surface area is 136 Å². The Bertz CT molecular complexity index is 853. The Balaban J connectivity index is 2.07. The van der Waals surface area contributed by atoms with Crippen LogP contribution in [0.2, 0.25) is 0 Å². The topological polar surface area (TPSA) is 34.9 Å². The van der Waals surface area contributed by atoms with Crippen molar-refractivity contribution in [1.29, 1.82) is 0 Å². The molecule has 23 heavy (non-hydrogen) atoms. The molecule has 0 fully saturated rings. The van der Waals surface area contributed by atoms with Crippen LogP contribution in [0.5, 0.6) is 0 Å². The van der Waals surface area contributed by atoms with Gasteiger partial charge in [0.15, 0.2) is 0 Å². The third-order valence-electron chi connectivity index (χ3n) is 4.17. The van der Waals surface area contributed by atoms with E-state index in [4.69, 9.17) is 0 Å². The second kappa shape index (κ2) is 6.61. The van der Waals surface area contributed by atoms with E-state index < -0.39 is 0 Å². The molecule has 3 aromatic rings. The molecule has 3 nitrogen and oxygen atoms in total. The maximum absolute atomic E-state index is 12.3. The monoisotopic (exact) mass is 304 g/mol. The van der Waals surface area contributed by atoms with Crippen molar-refractivity contribution in [3.63, 3.8) is 0 Å². The molecule has 0 aliphatic carbocycles. The molecule has 0 bridgehead atoms. The Hall–Kier alpha value is -2.68. The summed E-state index contributed by atoms with van der Waals surface area (Å²) in [7, 11) is 0. The van der Waals surface area contributed by atoms with E-state index in [1.807, 2.05) is 49.4 Å². The second-order valence-corrected chi connectivity index (χ2v) is 5.62. The van der Waals surface area contributed by atoms with Gasteiger partial charge in [0.1, 0.15) is 5.69 Å². The van der Waals surface area contributed by atoms with Gasteiger partial charge in [0.05, 0.1) is 5.69 Å². The van der Waals surface area contributed by atoms with E-state index in [9.17, 15) is 4.79 Å². The number of aryl methyl sites for hydroxylation is 1. The highest BCUT2D eigenvalue weighted by atomic mass is 16.1. The number of hydrogen-bond donors (Lipinski definition) is 0. The van der Waals surface area contributed by atoms with Gasteiger partial charge in [-0.3, -0.25) is 4.79 Å². The summed E-state index contributed by atoms with van der Waals surface area (Å²) in [6, 6.07) is 19.7. The minimum Gasteiger partial charge on any atom is -0.288 e. The summed E-state index contributed by atoms with van der Waals surface area (Å²) in [5.74, 6) is -0.0326. The van der Waals surface area contributed by atoms with Gasteiger partial charge >= 0.3 is 0 Å². The molecule has 0 N–H and O–H groups in total. The van der Waals surface area contributed by atoms with Crippen LogP contribution in [0, 0.1) is 0 Å². The van der Waals surface area contributed by atoms with Gasteiger partial charge < -0.3 is 0 Å². The summed E-state index contributed by atoms with van der Waals surface area (Å²) in [5.41, 5.74) is 3.94.